The Bertz CT molecular complexity index is 1020. The number of thiazole rings is 1. The Morgan fingerprint density at radius 1 is 1.34 bits per heavy atom. The Morgan fingerprint density at radius 2 is 2.07 bits per heavy atom. The van der Waals surface area contributed by atoms with E-state index in [2.05, 4.69) is 37.7 Å². The molecule has 0 radical (unpaired) electrons. The Labute approximate surface area is 180 Å². The van der Waals surface area contributed by atoms with Crippen molar-refractivity contribution in [1.29, 1.82) is 0 Å². The molecule has 6 heteroatoms. The van der Waals surface area contributed by atoms with E-state index in [-0.39, 0.29) is 11.5 Å². The standard InChI is InChI=1S/C23H25ClF2N2S/c1-6-20-22(12(2)3)29-23(28-20)16-10-13(4)15(11-19(16)26)14(5)27-21-17(24)8-7-9-18(21)25/h9-12,27H,5-8H2,1-4H3. The summed E-state index contributed by atoms with van der Waals surface area (Å²) in [6.07, 6.45) is 3.44. The van der Waals surface area contributed by atoms with Crippen LogP contribution in [-0.4, -0.2) is 4.98 Å². The highest BCUT2D eigenvalue weighted by atomic mass is 35.5. The van der Waals surface area contributed by atoms with E-state index in [0.717, 1.165) is 17.7 Å². The lowest BCUT2D eigenvalue weighted by molar-refractivity contribution is 0.619. The quantitative estimate of drug-likeness (QED) is 0.506. The Hall–Kier alpha value is -1.98. The summed E-state index contributed by atoms with van der Waals surface area (Å²) in [5.41, 5.74) is 3.52. The molecule has 29 heavy (non-hydrogen) atoms. The van der Waals surface area contributed by atoms with Gasteiger partial charge in [0.1, 0.15) is 16.7 Å². The van der Waals surface area contributed by atoms with Crippen LogP contribution in [0.25, 0.3) is 16.3 Å². The molecule has 0 unspecified atom stereocenters. The minimum absolute atomic E-state index is 0.209. The molecule has 0 saturated heterocycles. The largest absolute Gasteiger partial charge is 0.352 e. The van der Waals surface area contributed by atoms with E-state index in [0.29, 0.717) is 45.6 Å². The molecule has 154 valence electrons. The smallest absolute Gasteiger partial charge is 0.143 e. The van der Waals surface area contributed by atoms with Crippen LogP contribution in [0, 0.1) is 12.7 Å². The molecule has 1 aromatic heterocycles. The molecule has 0 saturated carbocycles. The van der Waals surface area contributed by atoms with E-state index in [4.69, 9.17) is 11.6 Å². The Balaban J connectivity index is 1.94. The van der Waals surface area contributed by atoms with Gasteiger partial charge in [-0.05, 0) is 55.9 Å². The topological polar surface area (TPSA) is 24.9 Å². The molecular formula is C23H25ClF2N2S. The summed E-state index contributed by atoms with van der Waals surface area (Å²) in [6.45, 7) is 12.2. The number of nitrogens with one attached hydrogen (secondary N) is 1. The van der Waals surface area contributed by atoms with Crippen molar-refractivity contribution in [2.75, 3.05) is 0 Å². The van der Waals surface area contributed by atoms with Crippen LogP contribution in [-0.2, 0) is 6.42 Å². The number of halogens is 3. The van der Waals surface area contributed by atoms with Gasteiger partial charge in [-0.15, -0.1) is 11.3 Å². The van der Waals surface area contributed by atoms with Gasteiger partial charge in [0.05, 0.1) is 11.4 Å². The number of aryl methyl sites for hydroxylation is 2. The summed E-state index contributed by atoms with van der Waals surface area (Å²) in [5, 5.41) is 4.03. The lowest BCUT2D eigenvalue weighted by Gasteiger charge is -2.18. The molecule has 1 aromatic carbocycles. The fraction of sp³-hybridized carbons (Fsp3) is 0.348. The first-order valence-electron chi connectivity index (χ1n) is 9.74. The molecule has 0 bridgehead atoms. The fourth-order valence-corrected chi connectivity index (χ4v) is 4.80. The number of allylic oxidation sites excluding steroid dienone is 3. The van der Waals surface area contributed by atoms with Gasteiger partial charge in [0, 0.05) is 26.7 Å². The van der Waals surface area contributed by atoms with Crippen LogP contribution in [0.3, 0.4) is 0 Å². The van der Waals surface area contributed by atoms with Gasteiger partial charge in [0.15, 0.2) is 0 Å². The molecule has 0 atom stereocenters. The van der Waals surface area contributed by atoms with Crippen LogP contribution < -0.4 is 5.32 Å². The highest BCUT2D eigenvalue weighted by Crippen LogP contribution is 2.36. The maximum absolute atomic E-state index is 15.0. The van der Waals surface area contributed by atoms with E-state index >= 15 is 4.39 Å². The van der Waals surface area contributed by atoms with Gasteiger partial charge in [-0.1, -0.05) is 39.0 Å². The summed E-state index contributed by atoms with van der Waals surface area (Å²) < 4.78 is 29.1. The van der Waals surface area contributed by atoms with Crippen molar-refractivity contribution in [3.63, 3.8) is 0 Å². The van der Waals surface area contributed by atoms with Crippen LogP contribution in [0.4, 0.5) is 8.78 Å². The molecule has 2 aromatic rings. The van der Waals surface area contributed by atoms with Gasteiger partial charge in [0.2, 0.25) is 0 Å². The van der Waals surface area contributed by atoms with Crippen molar-refractivity contribution in [2.24, 2.45) is 0 Å². The monoisotopic (exact) mass is 434 g/mol. The molecule has 2 nitrogen and oxygen atoms in total. The molecule has 1 N–H and O–H groups in total. The molecule has 0 aliphatic heterocycles. The van der Waals surface area contributed by atoms with Crippen molar-refractivity contribution < 1.29 is 8.78 Å². The van der Waals surface area contributed by atoms with E-state index in [1.165, 1.54) is 17.0 Å². The summed E-state index contributed by atoms with van der Waals surface area (Å²) in [7, 11) is 0. The number of rotatable bonds is 6. The minimum Gasteiger partial charge on any atom is -0.352 e. The van der Waals surface area contributed by atoms with Gasteiger partial charge in [-0.25, -0.2) is 13.8 Å². The maximum Gasteiger partial charge on any atom is 0.143 e. The van der Waals surface area contributed by atoms with Crippen molar-refractivity contribution in [3.05, 3.63) is 68.9 Å². The first-order valence-corrected chi connectivity index (χ1v) is 10.9. The molecule has 0 spiro atoms. The van der Waals surface area contributed by atoms with Gasteiger partial charge in [-0.3, -0.25) is 0 Å². The normalized spacial score (nSPS) is 14.4. The average Bonchev–Trinajstić information content (AvgIpc) is 3.10. The number of hydrogen-bond donors (Lipinski definition) is 1. The van der Waals surface area contributed by atoms with Gasteiger partial charge in [0.25, 0.3) is 0 Å². The SMILES string of the molecule is C=C(NC1=C(Cl)CCC=C1F)c1cc(F)c(-c2nc(CC)c(C(C)C)s2)cc1C. The highest BCUT2D eigenvalue weighted by molar-refractivity contribution is 7.15. The third kappa shape index (κ3) is 4.46. The number of nitrogens with zero attached hydrogens (tertiary/aromatic N) is 1. The maximum atomic E-state index is 15.0. The Kier molecular flexibility index (Phi) is 6.59. The second-order valence-electron chi connectivity index (χ2n) is 7.46. The van der Waals surface area contributed by atoms with Crippen LogP contribution in [0.1, 0.15) is 61.2 Å². The highest BCUT2D eigenvalue weighted by Gasteiger charge is 2.20. The zero-order valence-electron chi connectivity index (χ0n) is 17.1. The van der Waals surface area contributed by atoms with E-state index in [1.807, 2.05) is 6.92 Å². The second-order valence-corrected chi connectivity index (χ2v) is 8.95. The predicted octanol–water partition coefficient (Wildman–Crippen LogP) is 7.60. The zero-order chi connectivity index (χ0) is 21.3. The zero-order valence-corrected chi connectivity index (χ0v) is 18.7. The molecule has 1 heterocycles. The lowest BCUT2D eigenvalue weighted by Crippen LogP contribution is -2.15. The van der Waals surface area contributed by atoms with Gasteiger partial charge >= 0.3 is 0 Å². The first-order chi connectivity index (χ1) is 13.7. The summed E-state index contributed by atoms with van der Waals surface area (Å²) in [6, 6.07) is 3.21. The van der Waals surface area contributed by atoms with E-state index < -0.39 is 5.83 Å². The van der Waals surface area contributed by atoms with Crippen LogP contribution in [0.2, 0.25) is 0 Å². The van der Waals surface area contributed by atoms with Gasteiger partial charge < -0.3 is 5.32 Å². The first kappa shape index (κ1) is 21.7. The van der Waals surface area contributed by atoms with E-state index in [9.17, 15) is 4.39 Å². The third-order valence-corrected chi connectivity index (χ3v) is 6.74. The molecular weight excluding hydrogens is 410 g/mol. The summed E-state index contributed by atoms with van der Waals surface area (Å²) >= 11 is 7.70. The van der Waals surface area contributed by atoms with Crippen molar-refractivity contribution in [1.82, 2.24) is 10.3 Å². The summed E-state index contributed by atoms with van der Waals surface area (Å²) in [5.74, 6) is -0.437. The van der Waals surface area contributed by atoms with E-state index in [1.54, 1.807) is 17.4 Å². The van der Waals surface area contributed by atoms with Gasteiger partial charge in [-0.2, -0.15) is 0 Å². The summed E-state index contributed by atoms with van der Waals surface area (Å²) in [4.78, 5) is 5.86. The third-order valence-electron chi connectivity index (χ3n) is 4.93. The van der Waals surface area contributed by atoms with Crippen LogP contribution in [0.15, 0.2) is 41.3 Å². The lowest BCUT2D eigenvalue weighted by atomic mass is 10.0. The number of benzene rings is 1. The van der Waals surface area contributed by atoms with Crippen molar-refractivity contribution >= 4 is 28.6 Å². The number of aromatic nitrogens is 1. The molecule has 1 aliphatic carbocycles. The number of hydrogen-bond acceptors (Lipinski definition) is 3. The molecule has 0 fully saturated rings. The minimum atomic E-state index is -0.409. The molecule has 1 aliphatic rings. The average molecular weight is 435 g/mol. The van der Waals surface area contributed by atoms with Crippen molar-refractivity contribution in [2.45, 2.75) is 52.9 Å². The van der Waals surface area contributed by atoms with Crippen molar-refractivity contribution in [3.8, 4) is 10.6 Å². The van der Waals surface area contributed by atoms with Crippen LogP contribution >= 0.6 is 22.9 Å². The second kappa shape index (κ2) is 8.80. The fourth-order valence-electron chi connectivity index (χ4n) is 3.38. The van der Waals surface area contributed by atoms with Crippen LogP contribution in [0.5, 0.6) is 0 Å². The predicted molar refractivity (Wildman–Crippen MR) is 119 cm³/mol. The Morgan fingerprint density at radius 3 is 2.66 bits per heavy atom. The molecule has 3 rings (SSSR count). The molecule has 0 amide bonds.